The molecule has 1 aromatic heterocycles. The van der Waals surface area contributed by atoms with E-state index >= 15 is 0 Å². The molecule has 0 N–H and O–H groups in total. The van der Waals surface area contributed by atoms with Gasteiger partial charge < -0.3 is 0 Å². The van der Waals surface area contributed by atoms with Gasteiger partial charge >= 0.3 is 0 Å². The summed E-state index contributed by atoms with van der Waals surface area (Å²) in [6.45, 7) is 0. The number of nitro groups is 1. The molecule has 0 bridgehead atoms. The van der Waals surface area contributed by atoms with Gasteiger partial charge in [-0.1, -0.05) is 24.3 Å². The lowest BCUT2D eigenvalue weighted by molar-refractivity contribution is -0.387. The van der Waals surface area contributed by atoms with Crippen molar-refractivity contribution < 1.29 is 17.6 Å². The van der Waals surface area contributed by atoms with Crippen LogP contribution in [0.1, 0.15) is 0 Å². The summed E-state index contributed by atoms with van der Waals surface area (Å²) in [7, 11) is -7.90. The molecular weight excluding hydrogens is 386 g/mol. The molecule has 0 saturated carbocycles. The first-order valence-corrected chi connectivity index (χ1v) is 11.0. The van der Waals surface area contributed by atoms with Crippen LogP contribution in [0.2, 0.25) is 0 Å². The minimum atomic E-state index is -4.50. The Labute approximate surface area is 147 Å². The predicted molar refractivity (Wildman–Crippen MR) is 94.7 cm³/mol. The molecular formula is C14H11N3O5S3. The number of aromatic nitrogens is 1. The molecule has 0 amide bonds. The quantitative estimate of drug-likeness (QED) is 0.493. The maximum absolute atomic E-state index is 12.9. The van der Waals surface area contributed by atoms with E-state index in [4.69, 9.17) is 0 Å². The number of hydrogen-bond acceptors (Lipinski definition) is 7. The number of hydrogen-bond donors (Lipinski definition) is 0. The number of thiazole rings is 1. The zero-order chi connectivity index (χ0) is 18.2. The lowest BCUT2D eigenvalue weighted by Crippen LogP contribution is -2.06. The van der Waals surface area contributed by atoms with Crippen LogP contribution < -0.4 is 0 Å². The summed E-state index contributed by atoms with van der Waals surface area (Å²) in [4.78, 5) is 13.8. The lowest BCUT2D eigenvalue weighted by atomic mass is 10.3. The van der Waals surface area contributed by atoms with Crippen LogP contribution in [0.4, 0.5) is 5.69 Å². The molecule has 25 heavy (non-hydrogen) atoms. The fourth-order valence-electron chi connectivity index (χ4n) is 2.10. The maximum atomic E-state index is 12.9. The first-order chi connectivity index (χ1) is 11.7. The SMILES string of the molecule is CS(=O)(=NS(=O)(=O)c1ccccc1[N+](=O)[O-])c1nc2ccccc2s1. The van der Waals surface area contributed by atoms with Crippen LogP contribution in [-0.4, -0.2) is 28.8 Å². The van der Waals surface area contributed by atoms with Crippen molar-refractivity contribution in [3.63, 3.8) is 0 Å². The van der Waals surface area contributed by atoms with Gasteiger partial charge in [0.2, 0.25) is 0 Å². The molecule has 2 aromatic carbocycles. The van der Waals surface area contributed by atoms with Crippen molar-refractivity contribution in [1.82, 2.24) is 4.98 Å². The van der Waals surface area contributed by atoms with Gasteiger partial charge in [0.05, 0.1) is 15.1 Å². The molecule has 11 heteroatoms. The van der Waals surface area contributed by atoms with Crippen LogP contribution in [0.5, 0.6) is 0 Å². The monoisotopic (exact) mass is 397 g/mol. The summed E-state index contributed by atoms with van der Waals surface area (Å²) in [5, 5.41) is 11.0. The molecule has 1 atom stereocenters. The summed E-state index contributed by atoms with van der Waals surface area (Å²) in [6.07, 6.45) is 1.15. The molecule has 1 heterocycles. The highest BCUT2D eigenvalue weighted by molar-refractivity contribution is 8.04. The van der Waals surface area contributed by atoms with E-state index in [1.54, 1.807) is 24.3 Å². The highest BCUT2D eigenvalue weighted by Gasteiger charge is 2.27. The Balaban J connectivity index is 2.18. The number of fused-ring (bicyclic) bond motifs is 1. The molecule has 8 nitrogen and oxygen atoms in total. The first-order valence-electron chi connectivity index (χ1n) is 6.78. The Morgan fingerprint density at radius 3 is 2.40 bits per heavy atom. The average molecular weight is 397 g/mol. The largest absolute Gasteiger partial charge is 0.297 e. The van der Waals surface area contributed by atoms with E-state index in [-0.39, 0.29) is 4.34 Å². The summed E-state index contributed by atoms with van der Waals surface area (Å²) in [6, 6.07) is 11.8. The molecule has 0 fully saturated rings. The first kappa shape index (κ1) is 17.5. The van der Waals surface area contributed by atoms with E-state index in [1.807, 2.05) is 0 Å². The van der Waals surface area contributed by atoms with Crippen LogP contribution in [0.25, 0.3) is 10.2 Å². The molecule has 0 aliphatic heterocycles. The Morgan fingerprint density at radius 1 is 1.08 bits per heavy atom. The number of nitro benzene ring substituents is 1. The fraction of sp³-hybridized carbons (Fsp3) is 0.0714. The van der Waals surface area contributed by atoms with Crippen molar-refractivity contribution in [3.8, 4) is 0 Å². The molecule has 0 aliphatic rings. The van der Waals surface area contributed by atoms with Crippen LogP contribution in [0, 0.1) is 10.1 Å². The second-order valence-corrected chi connectivity index (χ2v) is 10.3. The van der Waals surface area contributed by atoms with Crippen LogP contribution in [0.3, 0.4) is 0 Å². The average Bonchev–Trinajstić information content (AvgIpc) is 2.99. The van der Waals surface area contributed by atoms with E-state index in [9.17, 15) is 22.7 Å². The second kappa shape index (κ2) is 6.17. The van der Waals surface area contributed by atoms with Crippen molar-refractivity contribution in [2.75, 3.05) is 6.26 Å². The van der Waals surface area contributed by atoms with Crippen LogP contribution in [-0.2, 0) is 19.8 Å². The van der Waals surface area contributed by atoms with E-state index in [1.165, 1.54) is 12.1 Å². The third kappa shape index (κ3) is 3.38. The molecule has 130 valence electrons. The summed E-state index contributed by atoms with van der Waals surface area (Å²) >= 11 is 1.07. The van der Waals surface area contributed by atoms with Gasteiger partial charge in [0.1, 0.15) is 9.73 Å². The van der Waals surface area contributed by atoms with Gasteiger partial charge in [-0.25, -0.2) is 9.19 Å². The van der Waals surface area contributed by atoms with Crippen molar-refractivity contribution in [1.29, 1.82) is 0 Å². The summed E-state index contributed by atoms with van der Waals surface area (Å²) in [5.74, 6) is 0. The van der Waals surface area contributed by atoms with Gasteiger partial charge in [-0.2, -0.15) is 8.42 Å². The van der Waals surface area contributed by atoms with Gasteiger partial charge in [0.15, 0.2) is 9.24 Å². The van der Waals surface area contributed by atoms with Gasteiger partial charge in [-0.15, -0.1) is 15.1 Å². The van der Waals surface area contributed by atoms with Gasteiger partial charge in [-0.05, 0) is 18.2 Å². The lowest BCUT2D eigenvalue weighted by Gasteiger charge is -2.03. The number of benzene rings is 2. The third-order valence-electron chi connectivity index (χ3n) is 3.18. The second-order valence-electron chi connectivity index (χ2n) is 5.02. The molecule has 0 radical (unpaired) electrons. The Morgan fingerprint density at radius 2 is 1.72 bits per heavy atom. The van der Waals surface area contributed by atoms with E-state index in [0.717, 1.165) is 34.4 Å². The van der Waals surface area contributed by atoms with E-state index in [2.05, 4.69) is 8.75 Å². The number of para-hydroxylation sites is 2. The van der Waals surface area contributed by atoms with Gasteiger partial charge in [0, 0.05) is 12.3 Å². The fourth-order valence-corrected chi connectivity index (χ4v) is 6.96. The zero-order valence-electron chi connectivity index (χ0n) is 12.7. The van der Waals surface area contributed by atoms with E-state index < -0.39 is 35.3 Å². The Bertz CT molecular complexity index is 1170. The molecule has 0 spiro atoms. The van der Waals surface area contributed by atoms with E-state index in [0.29, 0.717) is 5.52 Å². The van der Waals surface area contributed by atoms with Crippen LogP contribution in [0.15, 0.2) is 61.5 Å². The molecule has 1 unspecified atom stereocenters. The predicted octanol–water partition coefficient (Wildman–Crippen LogP) is 3.05. The molecule has 0 saturated heterocycles. The topological polar surface area (TPSA) is 120 Å². The highest BCUT2D eigenvalue weighted by Crippen LogP contribution is 2.29. The summed E-state index contributed by atoms with van der Waals surface area (Å²) in [5.41, 5.74) is -0.0406. The Kier molecular flexibility index (Phi) is 4.31. The zero-order valence-corrected chi connectivity index (χ0v) is 15.2. The smallest absolute Gasteiger partial charge is 0.258 e. The van der Waals surface area contributed by atoms with Crippen molar-refractivity contribution >= 4 is 47.0 Å². The normalized spacial score (nSPS) is 14.1. The van der Waals surface area contributed by atoms with Gasteiger partial charge in [-0.3, -0.25) is 10.1 Å². The molecule has 3 aromatic rings. The van der Waals surface area contributed by atoms with Gasteiger partial charge in [0.25, 0.3) is 15.7 Å². The standard InChI is InChI=1S/C14H11N3O5S3/c1-24(20,14-15-10-6-2-4-8-12(10)23-14)16-25(21,22)13-9-5-3-7-11(13)17(18)19/h2-9H,1H3. The highest BCUT2D eigenvalue weighted by atomic mass is 32.3. The van der Waals surface area contributed by atoms with Crippen LogP contribution >= 0.6 is 11.3 Å². The van der Waals surface area contributed by atoms with Crippen molar-refractivity contribution in [3.05, 3.63) is 58.6 Å². The summed E-state index contributed by atoms with van der Waals surface area (Å²) < 4.78 is 42.1. The number of sulfonamides is 1. The minimum absolute atomic E-state index is 0.0517. The molecule has 3 rings (SSSR count). The number of nitrogens with zero attached hydrogens (tertiary/aromatic N) is 3. The molecule has 0 aliphatic carbocycles. The minimum Gasteiger partial charge on any atom is -0.258 e. The number of rotatable bonds is 4. The Hall–Kier alpha value is -2.37. The maximum Gasteiger partial charge on any atom is 0.297 e. The third-order valence-corrected chi connectivity index (χ3v) is 8.75. The van der Waals surface area contributed by atoms with Crippen molar-refractivity contribution in [2.45, 2.75) is 9.24 Å². The van der Waals surface area contributed by atoms with Crippen molar-refractivity contribution in [2.24, 2.45) is 3.77 Å².